The molecule has 0 unspecified atom stereocenters. The van der Waals surface area contributed by atoms with Gasteiger partial charge >= 0.3 is 12.2 Å². The van der Waals surface area contributed by atoms with Gasteiger partial charge in [-0.25, -0.2) is 4.79 Å². The summed E-state index contributed by atoms with van der Waals surface area (Å²) in [4.78, 5) is 25.4. The van der Waals surface area contributed by atoms with Crippen LogP contribution in [0.15, 0.2) is 60.7 Å². The molecule has 2 aromatic carbocycles. The van der Waals surface area contributed by atoms with Crippen molar-refractivity contribution in [3.63, 3.8) is 0 Å². The highest BCUT2D eigenvalue weighted by atomic mass is 19.4. The SMILES string of the molecule is CN1C(=O)N[C@H](c2ccccc2)[C@H](C(=O)c2ccccc2)[C@]1(O)C(F)(F)F. The van der Waals surface area contributed by atoms with Gasteiger partial charge in [-0.05, 0) is 5.56 Å². The third-order valence-corrected chi connectivity index (χ3v) is 4.78. The lowest BCUT2D eigenvalue weighted by molar-refractivity contribution is -0.322. The fraction of sp³-hybridized carbons (Fsp3) is 0.263. The van der Waals surface area contributed by atoms with E-state index >= 15 is 0 Å². The molecule has 0 aliphatic carbocycles. The van der Waals surface area contributed by atoms with Crippen LogP contribution < -0.4 is 5.32 Å². The molecule has 27 heavy (non-hydrogen) atoms. The predicted molar refractivity (Wildman–Crippen MR) is 90.7 cm³/mol. The van der Waals surface area contributed by atoms with Gasteiger partial charge < -0.3 is 10.4 Å². The van der Waals surface area contributed by atoms with E-state index in [4.69, 9.17) is 0 Å². The Kier molecular flexibility index (Phi) is 4.69. The molecule has 2 amide bonds. The molecule has 0 aromatic heterocycles. The predicted octanol–water partition coefficient (Wildman–Crippen LogP) is 3.13. The van der Waals surface area contributed by atoms with E-state index in [2.05, 4.69) is 5.32 Å². The lowest BCUT2D eigenvalue weighted by Gasteiger charge is -2.49. The van der Waals surface area contributed by atoms with Crippen molar-refractivity contribution in [1.82, 2.24) is 10.2 Å². The molecule has 2 N–H and O–H groups in total. The lowest BCUT2D eigenvalue weighted by atomic mass is 9.76. The third-order valence-electron chi connectivity index (χ3n) is 4.78. The number of amides is 2. The van der Waals surface area contributed by atoms with Crippen molar-refractivity contribution in [1.29, 1.82) is 0 Å². The van der Waals surface area contributed by atoms with Crippen LogP contribution in [0, 0.1) is 5.92 Å². The topological polar surface area (TPSA) is 69.6 Å². The van der Waals surface area contributed by atoms with Crippen molar-refractivity contribution in [2.24, 2.45) is 5.92 Å². The zero-order valence-electron chi connectivity index (χ0n) is 14.3. The number of rotatable bonds is 3. The second-order valence-corrected chi connectivity index (χ2v) is 6.33. The highest BCUT2D eigenvalue weighted by Crippen LogP contribution is 2.47. The van der Waals surface area contributed by atoms with Crippen LogP contribution in [0.5, 0.6) is 0 Å². The number of halogens is 3. The molecule has 142 valence electrons. The summed E-state index contributed by atoms with van der Waals surface area (Å²) in [5.74, 6) is -2.92. The third kappa shape index (κ3) is 3.06. The Morgan fingerprint density at radius 1 is 1.07 bits per heavy atom. The number of Topliss-reactive ketones (excluding diaryl/α,β-unsaturated/α-hetero) is 1. The van der Waals surface area contributed by atoms with Crippen LogP contribution in [0.2, 0.25) is 0 Å². The quantitative estimate of drug-likeness (QED) is 0.807. The minimum Gasteiger partial charge on any atom is -0.363 e. The first-order chi connectivity index (χ1) is 12.7. The maximum absolute atomic E-state index is 13.9. The van der Waals surface area contributed by atoms with E-state index in [0.29, 0.717) is 0 Å². The van der Waals surface area contributed by atoms with Gasteiger partial charge in [0.25, 0.3) is 5.72 Å². The number of alkyl halides is 3. The zero-order valence-corrected chi connectivity index (χ0v) is 14.3. The normalized spacial score (nSPS) is 25.8. The average molecular weight is 378 g/mol. The summed E-state index contributed by atoms with van der Waals surface area (Å²) in [6.45, 7) is 0. The summed E-state index contributed by atoms with van der Waals surface area (Å²) < 4.78 is 41.8. The van der Waals surface area contributed by atoms with Crippen molar-refractivity contribution in [2.75, 3.05) is 7.05 Å². The Hall–Kier alpha value is -2.87. The summed E-state index contributed by atoms with van der Waals surface area (Å²) in [7, 11) is 0.815. The largest absolute Gasteiger partial charge is 0.437 e. The minimum atomic E-state index is -5.25. The summed E-state index contributed by atoms with van der Waals surface area (Å²) >= 11 is 0. The molecule has 5 nitrogen and oxygen atoms in total. The first-order valence-corrected chi connectivity index (χ1v) is 8.15. The maximum atomic E-state index is 13.9. The molecule has 1 aliphatic rings. The number of urea groups is 1. The van der Waals surface area contributed by atoms with Crippen LogP contribution in [-0.2, 0) is 0 Å². The smallest absolute Gasteiger partial charge is 0.363 e. The fourth-order valence-electron chi connectivity index (χ4n) is 3.33. The minimum absolute atomic E-state index is 0.00987. The molecule has 1 aliphatic heterocycles. The molecule has 2 aromatic rings. The monoisotopic (exact) mass is 378 g/mol. The molecular formula is C19H17F3N2O3. The Balaban J connectivity index is 2.20. The molecule has 0 spiro atoms. The van der Waals surface area contributed by atoms with E-state index in [9.17, 15) is 27.9 Å². The van der Waals surface area contributed by atoms with Gasteiger partial charge in [0.1, 0.15) is 5.92 Å². The molecular weight excluding hydrogens is 361 g/mol. The number of nitrogens with zero attached hydrogens (tertiary/aromatic N) is 1. The first kappa shape index (κ1) is 18.9. The van der Waals surface area contributed by atoms with Crippen LogP contribution in [0.25, 0.3) is 0 Å². The molecule has 1 heterocycles. The Bertz CT molecular complexity index is 842. The summed E-state index contributed by atoms with van der Waals surface area (Å²) in [6.07, 6.45) is -5.25. The Morgan fingerprint density at radius 3 is 2.11 bits per heavy atom. The molecule has 0 radical (unpaired) electrons. The van der Waals surface area contributed by atoms with Gasteiger partial charge in [0.15, 0.2) is 5.78 Å². The van der Waals surface area contributed by atoms with Crippen molar-refractivity contribution in [3.8, 4) is 0 Å². The highest BCUT2D eigenvalue weighted by molar-refractivity contribution is 6.00. The van der Waals surface area contributed by atoms with E-state index in [0.717, 1.165) is 7.05 Å². The zero-order chi connectivity index (χ0) is 19.8. The molecule has 1 saturated heterocycles. The second-order valence-electron chi connectivity index (χ2n) is 6.33. The molecule has 1 fully saturated rings. The van der Waals surface area contributed by atoms with E-state index < -0.39 is 35.7 Å². The number of hydrogen-bond acceptors (Lipinski definition) is 3. The molecule has 0 saturated carbocycles. The van der Waals surface area contributed by atoms with Gasteiger partial charge in [0.05, 0.1) is 6.04 Å². The summed E-state index contributed by atoms with van der Waals surface area (Å²) in [5, 5.41) is 13.1. The number of carbonyl (C=O) groups excluding carboxylic acids is 2. The van der Waals surface area contributed by atoms with Crippen molar-refractivity contribution in [2.45, 2.75) is 17.9 Å². The Morgan fingerprint density at radius 2 is 1.59 bits per heavy atom. The van der Waals surface area contributed by atoms with Crippen molar-refractivity contribution < 1.29 is 27.9 Å². The number of aliphatic hydroxyl groups is 1. The second kappa shape index (κ2) is 6.70. The Labute approximate surface area is 153 Å². The standard InChI is InChI=1S/C19H17F3N2O3/c1-24-17(26)23-15(12-8-4-2-5-9-12)14(18(24,27)19(20,21)22)16(25)13-10-6-3-7-11-13/h2-11,14-15,27H,1H3,(H,23,26)/t14-,15-,18+/m1/s1. The maximum Gasteiger partial charge on any atom is 0.437 e. The van der Waals surface area contributed by atoms with Crippen molar-refractivity contribution >= 4 is 11.8 Å². The number of carbonyl (C=O) groups is 2. The van der Waals surface area contributed by atoms with Crippen LogP contribution in [0.4, 0.5) is 18.0 Å². The van der Waals surface area contributed by atoms with E-state index in [1.165, 1.54) is 36.4 Å². The molecule has 8 heteroatoms. The summed E-state index contributed by atoms with van der Waals surface area (Å²) in [6, 6.07) is 12.7. The lowest BCUT2D eigenvalue weighted by Crippen LogP contribution is -2.72. The van der Waals surface area contributed by atoms with Crippen LogP contribution in [0.3, 0.4) is 0 Å². The summed E-state index contributed by atoms with van der Waals surface area (Å²) in [5.41, 5.74) is -3.37. The van der Waals surface area contributed by atoms with Gasteiger partial charge in [0, 0.05) is 12.6 Å². The highest BCUT2D eigenvalue weighted by Gasteiger charge is 2.69. The number of ketones is 1. The van der Waals surface area contributed by atoms with Crippen LogP contribution in [-0.4, -0.2) is 40.8 Å². The number of nitrogens with one attached hydrogen (secondary N) is 1. The molecule has 3 atom stereocenters. The van der Waals surface area contributed by atoms with Gasteiger partial charge in [0.2, 0.25) is 0 Å². The van der Waals surface area contributed by atoms with E-state index in [-0.39, 0.29) is 16.0 Å². The van der Waals surface area contributed by atoms with Gasteiger partial charge in [-0.15, -0.1) is 0 Å². The first-order valence-electron chi connectivity index (χ1n) is 8.15. The van der Waals surface area contributed by atoms with Crippen LogP contribution >= 0.6 is 0 Å². The number of hydrogen-bond donors (Lipinski definition) is 2. The van der Waals surface area contributed by atoms with Gasteiger partial charge in [-0.2, -0.15) is 13.2 Å². The van der Waals surface area contributed by atoms with Gasteiger partial charge in [-0.3, -0.25) is 9.69 Å². The van der Waals surface area contributed by atoms with E-state index in [1.807, 2.05) is 0 Å². The molecule has 0 bridgehead atoms. The van der Waals surface area contributed by atoms with Crippen molar-refractivity contribution in [3.05, 3.63) is 71.8 Å². The number of benzene rings is 2. The van der Waals surface area contributed by atoms with Gasteiger partial charge in [-0.1, -0.05) is 60.7 Å². The fourth-order valence-corrected chi connectivity index (χ4v) is 3.33. The van der Waals surface area contributed by atoms with E-state index in [1.54, 1.807) is 24.3 Å². The average Bonchev–Trinajstić information content (AvgIpc) is 2.66. The molecule has 3 rings (SSSR count). The van der Waals surface area contributed by atoms with Crippen LogP contribution in [0.1, 0.15) is 22.0 Å².